The Bertz CT molecular complexity index is 763. The van der Waals surface area contributed by atoms with Crippen molar-refractivity contribution in [2.24, 2.45) is 5.92 Å². The summed E-state index contributed by atoms with van der Waals surface area (Å²) in [5.41, 5.74) is 0.520. The quantitative estimate of drug-likeness (QED) is 0.739. The van der Waals surface area contributed by atoms with E-state index in [1.54, 1.807) is 25.3 Å². The zero-order valence-corrected chi connectivity index (χ0v) is 15.3. The number of hydrogen-bond acceptors (Lipinski definition) is 3. The Kier molecular flexibility index (Phi) is 7.21. The van der Waals surface area contributed by atoms with Crippen molar-refractivity contribution in [3.63, 3.8) is 0 Å². The number of hydrogen-bond donors (Lipinski definition) is 1. The van der Waals surface area contributed by atoms with Gasteiger partial charge in [-0.3, -0.25) is 4.79 Å². The van der Waals surface area contributed by atoms with Gasteiger partial charge in [0.05, 0.1) is 12.2 Å². The number of nitrogens with one attached hydrogen (secondary N) is 1. The second-order valence-corrected chi connectivity index (χ2v) is 6.34. The predicted molar refractivity (Wildman–Crippen MR) is 96.2 cm³/mol. The molecule has 1 aromatic heterocycles. The van der Waals surface area contributed by atoms with Crippen LogP contribution in [0.2, 0.25) is 0 Å². The third kappa shape index (κ3) is 6.27. The highest BCUT2D eigenvalue weighted by molar-refractivity contribution is 5.78. The summed E-state index contributed by atoms with van der Waals surface area (Å²) in [5, 5.41) is 2.80. The Labute approximate surface area is 156 Å². The molecule has 0 saturated carbocycles. The van der Waals surface area contributed by atoms with Crippen molar-refractivity contribution < 1.29 is 22.7 Å². The molecule has 4 nitrogen and oxygen atoms in total. The van der Waals surface area contributed by atoms with Crippen LogP contribution in [0.15, 0.2) is 42.6 Å². The molecule has 1 heterocycles. The molecule has 0 aliphatic heterocycles. The fourth-order valence-corrected chi connectivity index (χ4v) is 2.56. The Hall–Kier alpha value is -2.57. The Morgan fingerprint density at radius 3 is 2.74 bits per heavy atom. The van der Waals surface area contributed by atoms with Crippen LogP contribution in [-0.2, 0) is 23.9 Å². The largest absolute Gasteiger partial charge is 0.477 e. The molecule has 1 amide bonds. The average molecular weight is 380 g/mol. The van der Waals surface area contributed by atoms with Gasteiger partial charge in [-0.25, -0.2) is 4.98 Å². The fraction of sp³-hybridized carbons (Fsp3) is 0.400. The maximum atomic E-state index is 12.8. The standard InChI is InChI=1S/C20H23F3N2O2/c1-3-10-27-19-16(7-5-9-24-19)13-25-18(26)14(2)11-15-6-4-8-17(12-15)20(21,22)23/h4-9,12,14H,3,10-11,13H2,1-2H3,(H,25,26). The molecule has 0 fully saturated rings. The van der Waals surface area contributed by atoms with E-state index in [1.165, 1.54) is 6.07 Å². The first-order chi connectivity index (χ1) is 12.8. The minimum absolute atomic E-state index is 0.224. The number of rotatable bonds is 8. The summed E-state index contributed by atoms with van der Waals surface area (Å²) in [6.45, 7) is 4.45. The lowest BCUT2D eigenvalue weighted by Crippen LogP contribution is -2.30. The average Bonchev–Trinajstić information content (AvgIpc) is 2.64. The lowest BCUT2D eigenvalue weighted by molar-refractivity contribution is -0.137. The summed E-state index contributed by atoms with van der Waals surface area (Å²) in [7, 11) is 0. The minimum atomic E-state index is -4.39. The van der Waals surface area contributed by atoms with Crippen molar-refractivity contribution in [2.75, 3.05) is 6.61 Å². The summed E-state index contributed by atoms with van der Waals surface area (Å²) in [5.74, 6) is -0.229. The van der Waals surface area contributed by atoms with E-state index >= 15 is 0 Å². The van der Waals surface area contributed by atoms with Gasteiger partial charge in [0.1, 0.15) is 0 Å². The summed E-state index contributed by atoms with van der Waals surface area (Å²) in [6.07, 6.45) is -1.71. The molecular weight excluding hydrogens is 357 g/mol. The van der Waals surface area contributed by atoms with Crippen LogP contribution in [0.4, 0.5) is 13.2 Å². The minimum Gasteiger partial charge on any atom is -0.477 e. The number of carbonyl (C=O) groups excluding carboxylic acids is 1. The van der Waals surface area contributed by atoms with E-state index in [2.05, 4.69) is 10.3 Å². The van der Waals surface area contributed by atoms with E-state index < -0.39 is 17.7 Å². The first-order valence-electron chi connectivity index (χ1n) is 8.81. The SMILES string of the molecule is CCCOc1ncccc1CNC(=O)C(C)Cc1cccc(C(F)(F)F)c1. The molecule has 1 atom stereocenters. The highest BCUT2D eigenvalue weighted by atomic mass is 19.4. The molecule has 0 aliphatic carbocycles. The molecular formula is C20H23F3N2O2. The maximum absolute atomic E-state index is 12.8. The van der Waals surface area contributed by atoms with E-state index in [-0.39, 0.29) is 18.9 Å². The number of ether oxygens (including phenoxy) is 1. The first-order valence-corrected chi connectivity index (χ1v) is 8.81. The van der Waals surface area contributed by atoms with Crippen LogP contribution in [0, 0.1) is 5.92 Å². The number of amides is 1. The number of halogens is 3. The third-order valence-electron chi connectivity index (χ3n) is 3.99. The van der Waals surface area contributed by atoms with Crippen molar-refractivity contribution in [1.82, 2.24) is 10.3 Å². The predicted octanol–water partition coefficient (Wildman–Crippen LogP) is 4.38. The van der Waals surface area contributed by atoms with Crippen LogP contribution in [0.1, 0.15) is 37.0 Å². The summed E-state index contributed by atoms with van der Waals surface area (Å²) >= 11 is 0. The van der Waals surface area contributed by atoms with Gasteiger partial charge in [0.2, 0.25) is 11.8 Å². The zero-order chi connectivity index (χ0) is 19.9. The fourth-order valence-electron chi connectivity index (χ4n) is 2.56. The van der Waals surface area contributed by atoms with Crippen molar-refractivity contribution in [2.45, 2.75) is 39.4 Å². The van der Waals surface area contributed by atoms with Gasteiger partial charge in [-0.1, -0.05) is 38.1 Å². The van der Waals surface area contributed by atoms with Gasteiger partial charge in [0.25, 0.3) is 0 Å². The molecule has 2 aromatic rings. The molecule has 0 spiro atoms. The van der Waals surface area contributed by atoms with Crippen molar-refractivity contribution in [3.05, 3.63) is 59.3 Å². The van der Waals surface area contributed by atoms with Gasteiger partial charge >= 0.3 is 6.18 Å². The summed E-state index contributed by atoms with van der Waals surface area (Å²) in [4.78, 5) is 16.5. The summed E-state index contributed by atoms with van der Waals surface area (Å²) < 4.78 is 44.0. The van der Waals surface area contributed by atoms with Gasteiger partial charge in [-0.15, -0.1) is 0 Å². The summed E-state index contributed by atoms with van der Waals surface area (Å²) in [6, 6.07) is 8.63. The highest BCUT2D eigenvalue weighted by Crippen LogP contribution is 2.30. The Morgan fingerprint density at radius 1 is 1.26 bits per heavy atom. The molecule has 0 saturated heterocycles. The second-order valence-electron chi connectivity index (χ2n) is 6.34. The van der Waals surface area contributed by atoms with Crippen LogP contribution >= 0.6 is 0 Å². The molecule has 146 valence electrons. The molecule has 0 radical (unpaired) electrons. The van der Waals surface area contributed by atoms with Crippen molar-refractivity contribution >= 4 is 5.91 Å². The molecule has 2 rings (SSSR count). The van der Waals surface area contributed by atoms with Gasteiger partial charge in [0.15, 0.2) is 0 Å². The maximum Gasteiger partial charge on any atom is 0.416 e. The van der Waals surface area contributed by atoms with Gasteiger partial charge in [-0.2, -0.15) is 13.2 Å². The molecule has 7 heteroatoms. The number of aromatic nitrogens is 1. The number of carbonyl (C=O) groups is 1. The van der Waals surface area contributed by atoms with Crippen molar-refractivity contribution in [1.29, 1.82) is 0 Å². The second kappa shape index (κ2) is 9.39. The zero-order valence-electron chi connectivity index (χ0n) is 15.3. The van der Waals surface area contributed by atoms with E-state index in [1.807, 2.05) is 13.0 Å². The monoisotopic (exact) mass is 380 g/mol. The van der Waals surface area contributed by atoms with Gasteiger partial charge in [-0.05, 0) is 30.5 Å². The van der Waals surface area contributed by atoms with Crippen molar-refractivity contribution in [3.8, 4) is 5.88 Å². The van der Waals surface area contributed by atoms with Gasteiger partial charge in [0, 0.05) is 24.2 Å². The van der Waals surface area contributed by atoms with Crippen LogP contribution in [-0.4, -0.2) is 17.5 Å². The van der Waals surface area contributed by atoms with Crippen LogP contribution in [0.3, 0.4) is 0 Å². The lowest BCUT2D eigenvalue weighted by atomic mass is 9.98. The van der Waals surface area contributed by atoms with E-state index in [9.17, 15) is 18.0 Å². The lowest BCUT2D eigenvalue weighted by Gasteiger charge is -2.15. The number of alkyl halides is 3. The van der Waals surface area contributed by atoms with Gasteiger partial charge < -0.3 is 10.1 Å². The number of benzene rings is 1. The first kappa shape index (κ1) is 20.7. The molecule has 1 unspecified atom stereocenters. The van der Waals surface area contributed by atoms with E-state index in [4.69, 9.17) is 4.74 Å². The van der Waals surface area contributed by atoms with Crippen LogP contribution < -0.4 is 10.1 Å². The topological polar surface area (TPSA) is 51.2 Å². The van der Waals surface area contributed by atoms with Crippen LogP contribution in [0.5, 0.6) is 5.88 Å². The molecule has 27 heavy (non-hydrogen) atoms. The Balaban J connectivity index is 1.95. The number of nitrogens with zero attached hydrogens (tertiary/aromatic N) is 1. The highest BCUT2D eigenvalue weighted by Gasteiger charge is 2.30. The van der Waals surface area contributed by atoms with Crippen LogP contribution in [0.25, 0.3) is 0 Å². The smallest absolute Gasteiger partial charge is 0.416 e. The molecule has 0 aliphatic rings. The molecule has 1 aromatic carbocycles. The third-order valence-corrected chi connectivity index (χ3v) is 3.99. The Morgan fingerprint density at radius 2 is 2.04 bits per heavy atom. The normalized spacial score (nSPS) is 12.5. The number of pyridine rings is 1. The van der Waals surface area contributed by atoms with E-state index in [0.717, 1.165) is 24.1 Å². The van der Waals surface area contributed by atoms with E-state index in [0.29, 0.717) is 18.1 Å². The molecule has 1 N–H and O–H groups in total. The molecule has 0 bridgehead atoms.